The minimum Gasteiger partial charge on any atom is -0.347 e. The largest absolute Gasteiger partial charge is 0.347 e. The summed E-state index contributed by atoms with van der Waals surface area (Å²) in [5.41, 5.74) is 2.78. The molecule has 3 rings (SSSR count). The molecule has 1 fully saturated rings. The number of carbonyl (C=O) groups is 1. The summed E-state index contributed by atoms with van der Waals surface area (Å²) in [5, 5.41) is 3.81. The van der Waals surface area contributed by atoms with Crippen molar-refractivity contribution in [1.82, 2.24) is 9.97 Å². The van der Waals surface area contributed by atoms with Gasteiger partial charge in [0, 0.05) is 19.1 Å². The number of nitrogens with zero attached hydrogens (tertiary/aromatic N) is 3. The molecule has 1 aliphatic rings. The van der Waals surface area contributed by atoms with E-state index in [9.17, 15) is 4.79 Å². The topological polar surface area (TPSA) is 58.1 Å². The lowest BCUT2D eigenvalue weighted by Crippen LogP contribution is -2.38. The number of hydrogen-bond donors (Lipinski definition) is 1. The van der Waals surface area contributed by atoms with E-state index in [1.807, 2.05) is 57.1 Å². The van der Waals surface area contributed by atoms with E-state index >= 15 is 0 Å². The van der Waals surface area contributed by atoms with E-state index in [0.717, 1.165) is 42.6 Å². The van der Waals surface area contributed by atoms with Crippen LogP contribution in [-0.2, 0) is 10.2 Å². The van der Waals surface area contributed by atoms with E-state index in [-0.39, 0.29) is 5.91 Å². The lowest BCUT2D eigenvalue weighted by molar-refractivity contribution is -0.121. The van der Waals surface area contributed by atoms with Crippen molar-refractivity contribution in [2.75, 3.05) is 24.3 Å². The molecule has 0 aliphatic heterocycles. The first-order valence-corrected chi connectivity index (χ1v) is 9.31. The van der Waals surface area contributed by atoms with Gasteiger partial charge in [0.15, 0.2) is 0 Å². The molecular formula is C20H25ClN4O. The number of carbonyl (C=O) groups excluding carboxylic acids is 1. The number of benzene rings is 1. The number of hydrogen-bond acceptors (Lipinski definition) is 4. The third-order valence-electron chi connectivity index (χ3n) is 5.19. The van der Waals surface area contributed by atoms with Gasteiger partial charge < -0.3 is 10.2 Å². The lowest BCUT2D eigenvalue weighted by Gasteiger charge is -2.29. The summed E-state index contributed by atoms with van der Waals surface area (Å²) < 4.78 is 0. The molecule has 1 aliphatic carbocycles. The molecule has 0 atom stereocenters. The van der Waals surface area contributed by atoms with E-state index in [1.54, 1.807) is 0 Å². The van der Waals surface area contributed by atoms with Crippen LogP contribution < -0.4 is 10.2 Å². The fourth-order valence-electron chi connectivity index (χ4n) is 3.71. The predicted octanol–water partition coefficient (Wildman–Crippen LogP) is 4.26. The summed E-state index contributed by atoms with van der Waals surface area (Å²) in [6.45, 7) is 3.81. The Labute approximate surface area is 159 Å². The van der Waals surface area contributed by atoms with Gasteiger partial charge in [-0.3, -0.25) is 4.79 Å². The van der Waals surface area contributed by atoms with Crippen LogP contribution in [0, 0.1) is 13.8 Å². The van der Waals surface area contributed by atoms with Crippen LogP contribution in [0.1, 0.15) is 42.6 Å². The van der Waals surface area contributed by atoms with E-state index in [0.29, 0.717) is 16.7 Å². The van der Waals surface area contributed by atoms with Crippen LogP contribution in [0.4, 0.5) is 11.6 Å². The second kappa shape index (κ2) is 7.23. The standard InChI is InChI=1S/C20H25ClN4O/c1-13-17(14(2)23-19(22-13)25(3)4)24-18(26)20(11-5-6-12-20)15-7-9-16(21)10-8-15/h7-10H,5-6,11-12H2,1-4H3,(H,24,26). The lowest BCUT2D eigenvalue weighted by atomic mass is 9.78. The Kier molecular flexibility index (Phi) is 5.19. The number of aromatic nitrogens is 2. The number of halogens is 1. The number of rotatable bonds is 4. The molecule has 1 saturated carbocycles. The zero-order chi connectivity index (χ0) is 18.9. The molecule has 138 valence electrons. The first-order chi connectivity index (χ1) is 12.3. The van der Waals surface area contributed by atoms with Crippen LogP contribution >= 0.6 is 11.6 Å². The van der Waals surface area contributed by atoms with Gasteiger partial charge >= 0.3 is 0 Å². The molecule has 5 nitrogen and oxygen atoms in total. The Bertz CT molecular complexity index is 788. The highest BCUT2D eigenvalue weighted by Gasteiger charge is 2.43. The normalized spacial score (nSPS) is 15.7. The van der Waals surface area contributed by atoms with Crippen molar-refractivity contribution >= 4 is 29.1 Å². The number of nitrogens with one attached hydrogen (secondary N) is 1. The quantitative estimate of drug-likeness (QED) is 0.870. The Morgan fingerprint density at radius 3 is 2.12 bits per heavy atom. The SMILES string of the molecule is Cc1nc(N(C)C)nc(C)c1NC(=O)C1(c2ccc(Cl)cc2)CCCC1. The molecule has 0 radical (unpaired) electrons. The van der Waals surface area contributed by atoms with Gasteiger partial charge in [0.2, 0.25) is 11.9 Å². The van der Waals surface area contributed by atoms with Crippen LogP contribution in [0.25, 0.3) is 0 Å². The van der Waals surface area contributed by atoms with Crippen molar-refractivity contribution in [1.29, 1.82) is 0 Å². The van der Waals surface area contributed by atoms with Gasteiger partial charge in [0.25, 0.3) is 0 Å². The second-order valence-corrected chi connectivity index (χ2v) is 7.65. The first kappa shape index (κ1) is 18.6. The minimum absolute atomic E-state index is 0.0183. The Balaban J connectivity index is 1.94. The summed E-state index contributed by atoms with van der Waals surface area (Å²) in [7, 11) is 3.81. The van der Waals surface area contributed by atoms with Crippen molar-refractivity contribution < 1.29 is 4.79 Å². The number of amides is 1. The molecule has 1 amide bonds. The maximum Gasteiger partial charge on any atom is 0.235 e. The first-order valence-electron chi connectivity index (χ1n) is 8.93. The molecule has 0 spiro atoms. The van der Waals surface area contributed by atoms with Gasteiger partial charge in [-0.2, -0.15) is 0 Å². The maximum absolute atomic E-state index is 13.3. The molecule has 6 heteroatoms. The fraction of sp³-hybridized carbons (Fsp3) is 0.450. The fourth-order valence-corrected chi connectivity index (χ4v) is 3.83. The van der Waals surface area contributed by atoms with Crippen molar-refractivity contribution in [2.45, 2.75) is 44.9 Å². The van der Waals surface area contributed by atoms with Crippen LogP contribution in [0.5, 0.6) is 0 Å². The molecule has 0 saturated heterocycles. The van der Waals surface area contributed by atoms with E-state index < -0.39 is 5.41 Å². The predicted molar refractivity (Wildman–Crippen MR) is 106 cm³/mol. The van der Waals surface area contributed by atoms with E-state index in [1.165, 1.54) is 0 Å². The van der Waals surface area contributed by atoms with Gasteiger partial charge in [-0.1, -0.05) is 36.6 Å². The zero-order valence-corrected chi connectivity index (χ0v) is 16.5. The summed E-state index contributed by atoms with van der Waals surface area (Å²) in [6.07, 6.45) is 3.78. The molecule has 0 unspecified atom stereocenters. The Hall–Kier alpha value is -2.14. The third kappa shape index (κ3) is 3.40. The minimum atomic E-state index is -0.510. The number of anilines is 2. The summed E-state index contributed by atoms with van der Waals surface area (Å²) in [4.78, 5) is 24.2. The van der Waals surface area contributed by atoms with Crippen LogP contribution in [-0.4, -0.2) is 30.0 Å². The highest BCUT2D eigenvalue weighted by Crippen LogP contribution is 2.42. The van der Waals surface area contributed by atoms with Gasteiger partial charge in [0.05, 0.1) is 22.5 Å². The Morgan fingerprint density at radius 1 is 1.08 bits per heavy atom. The molecular weight excluding hydrogens is 348 g/mol. The van der Waals surface area contributed by atoms with Crippen molar-refractivity contribution in [3.8, 4) is 0 Å². The summed E-state index contributed by atoms with van der Waals surface area (Å²) in [5.74, 6) is 0.663. The van der Waals surface area contributed by atoms with Crippen LogP contribution in [0.3, 0.4) is 0 Å². The molecule has 1 aromatic heterocycles. The smallest absolute Gasteiger partial charge is 0.235 e. The van der Waals surface area contributed by atoms with Crippen molar-refractivity contribution in [3.05, 3.63) is 46.2 Å². The molecule has 26 heavy (non-hydrogen) atoms. The summed E-state index contributed by atoms with van der Waals surface area (Å²) >= 11 is 6.03. The average Bonchev–Trinajstić information content (AvgIpc) is 3.09. The zero-order valence-electron chi connectivity index (χ0n) is 15.8. The van der Waals surface area contributed by atoms with Gasteiger partial charge in [-0.25, -0.2) is 9.97 Å². The van der Waals surface area contributed by atoms with Gasteiger partial charge in [-0.05, 0) is 44.4 Å². The average molecular weight is 373 g/mol. The van der Waals surface area contributed by atoms with Crippen molar-refractivity contribution in [3.63, 3.8) is 0 Å². The summed E-state index contributed by atoms with van der Waals surface area (Å²) in [6, 6.07) is 7.66. The molecule has 1 heterocycles. The van der Waals surface area contributed by atoms with Crippen LogP contribution in [0.15, 0.2) is 24.3 Å². The van der Waals surface area contributed by atoms with Crippen LogP contribution in [0.2, 0.25) is 5.02 Å². The molecule has 1 N–H and O–H groups in total. The Morgan fingerprint density at radius 2 is 1.62 bits per heavy atom. The highest BCUT2D eigenvalue weighted by atomic mass is 35.5. The monoisotopic (exact) mass is 372 g/mol. The number of aryl methyl sites for hydroxylation is 2. The third-order valence-corrected chi connectivity index (χ3v) is 5.44. The van der Waals surface area contributed by atoms with Gasteiger partial charge in [-0.15, -0.1) is 0 Å². The maximum atomic E-state index is 13.3. The van der Waals surface area contributed by atoms with Crippen molar-refractivity contribution in [2.24, 2.45) is 0 Å². The van der Waals surface area contributed by atoms with E-state index in [2.05, 4.69) is 15.3 Å². The molecule has 1 aromatic carbocycles. The van der Waals surface area contributed by atoms with Gasteiger partial charge in [0.1, 0.15) is 0 Å². The molecule has 0 bridgehead atoms. The second-order valence-electron chi connectivity index (χ2n) is 7.21. The highest BCUT2D eigenvalue weighted by molar-refractivity contribution is 6.30. The molecule has 2 aromatic rings. The van der Waals surface area contributed by atoms with E-state index in [4.69, 9.17) is 11.6 Å².